The molecule has 0 aliphatic rings. The van der Waals surface area contributed by atoms with Crippen molar-refractivity contribution in [1.82, 2.24) is 9.97 Å². The molecule has 0 N–H and O–H groups in total. The summed E-state index contributed by atoms with van der Waals surface area (Å²) in [5.74, 6) is 2.04. The second kappa shape index (κ2) is 12.1. The third-order valence-electron chi connectivity index (χ3n) is 4.40. The van der Waals surface area contributed by atoms with Crippen LogP contribution in [-0.4, -0.2) is 15.7 Å². The highest BCUT2D eigenvalue weighted by Crippen LogP contribution is 2.23. The van der Waals surface area contributed by atoms with Crippen LogP contribution in [0.25, 0.3) is 11.4 Å². The van der Waals surface area contributed by atoms with Gasteiger partial charge in [0, 0.05) is 22.9 Å². The van der Waals surface area contributed by atoms with Crippen LogP contribution in [0.4, 0.5) is 0 Å². The maximum absolute atomic E-state index is 4.54. The lowest BCUT2D eigenvalue weighted by Crippen LogP contribution is -1.93. The van der Waals surface area contributed by atoms with E-state index in [4.69, 9.17) is 0 Å². The summed E-state index contributed by atoms with van der Waals surface area (Å²) in [7, 11) is 0. The summed E-state index contributed by atoms with van der Waals surface area (Å²) in [6.45, 7) is 4.49. The van der Waals surface area contributed by atoms with Gasteiger partial charge in [-0.05, 0) is 42.7 Å². The number of rotatable bonds is 12. The molecule has 136 valence electrons. The number of unbranched alkanes of at least 4 members (excludes halogenated alkanes) is 6. The Labute approximate surface area is 157 Å². The molecule has 0 amide bonds. The van der Waals surface area contributed by atoms with Crippen LogP contribution in [0.15, 0.2) is 41.6 Å². The van der Waals surface area contributed by atoms with Crippen molar-refractivity contribution in [3.8, 4) is 11.4 Å². The molecule has 25 heavy (non-hydrogen) atoms. The van der Waals surface area contributed by atoms with Crippen molar-refractivity contribution in [2.75, 3.05) is 5.75 Å². The van der Waals surface area contributed by atoms with E-state index in [1.165, 1.54) is 67.6 Å². The first-order valence-corrected chi connectivity index (χ1v) is 10.9. The van der Waals surface area contributed by atoms with Gasteiger partial charge in [0.05, 0.1) is 0 Å². The third kappa shape index (κ3) is 7.60. The second-order valence-corrected chi connectivity index (χ2v) is 7.83. The van der Waals surface area contributed by atoms with Crippen LogP contribution in [0.3, 0.4) is 0 Å². The van der Waals surface area contributed by atoms with Gasteiger partial charge in [-0.15, -0.1) is 11.8 Å². The van der Waals surface area contributed by atoms with E-state index in [1.807, 2.05) is 24.2 Å². The van der Waals surface area contributed by atoms with Crippen LogP contribution in [0.5, 0.6) is 0 Å². The molecule has 1 heterocycles. The van der Waals surface area contributed by atoms with Crippen LogP contribution in [0, 0.1) is 0 Å². The fourth-order valence-corrected chi connectivity index (χ4v) is 3.72. The number of aryl methyl sites for hydroxylation is 1. The van der Waals surface area contributed by atoms with Crippen molar-refractivity contribution in [3.05, 3.63) is 42.2 Å². The molecule has 1 aromatic carbocycles. The molecule has 0 saturated carbocycles. The topological polar surface area (TPSA) is 25.8 Å². The Morgan fingerprint density at radius 1 is 0.760 bits per heavy atom. The monoisotopic (exact) mass is 356 g/mol. The minimum absolute atomic E-state index is 0.829. The Balaban J connectivity index is 1.79. The summed E-state index contributed by atoms with van der Waals surface area (Å²) in [6.07, 6.45) is 15.5. The van der Waals surface area contributed by atoms with Gasteiger partial charge in [-0.1, -0.05) is 64.5 Å². The largest absolute Gasteiger partial charge is 0.236 e. The molecular formula is C22H32N2S. The summed E-state index contributed by atoms with van der Waals surface area (Å²) in [5, 5.41) is 0. The van der Waals surface area contributed by atoms with E-state index in [2.05, 4.69) is 48.1 Å². The molecule has 2 aromatic rings. The maximum Gasteiger partial charge on any atom is 0.159 e. The van der Waals surface area contributed by atoms with Crippen molar-refractivity contribution in [2.24, 2.45) is 0 Å². The Morgan fingerprint density at radius 3 is 2.08 bits per heavy atom. The van der Waals surface area contributed by atoms with Gasteiger partial charge in [0.15, 0.2) is 5.82 Å². The third-order valence-corrected chi connectivity index (χ3v) is 5.50. The number of benzene rings is 1. The molecule has 2 nitrogen and oxygen atoms in total. The molecule has 0 aliphatic carbocycles. The van der Waals surface area contributed by atoms with Crippen LogP contribution in [0.2, 0.25) is 0 Å². The summed E-state index contributed by atoms with van der Waals surface area (Å²) in [5.41, 5.74) is 2.35. The molecule has 0 atom stereocenters. The number of aromatic nitrogens is 2. The highest BCUT2D eigenvalue weighted by molar-refractivity contribution is 7.99. The van der Waals surface area contributed by atoms with Crippen LogP contribution in [0.1, 0.15) is 70.8 Å². The van der Waals surface area contributed by atoms with E-state index >= 15 is 0 Å². The normalized spacial score (nSPS) is 11.0. The zero-order valence-electron chi connectivity index (χ0n) is 15.8. The van der Waals surface area contributed by atoms with E-state index < -0.39 is 0 Å². The number of hydrogen-bond donors (Lipinski definition) is 0. The lowest BCUT2D eigenvalue weighted by atomic mass is 10.1. The molecule has 0 fully saturated rings. The SMILES string of the molecule is CCCCCCCSc1ccc(-c2ncc(CCCCC)cn2)cc1. The van der Waals surface area contributed by atoms with Gasteiger partial charge in [0.2, 0.25) is 0 Å². The second-order valence-electron chi connectivity index (χ2n) is 6.66. The fourth-order valence-electron chi connectivity index (χ4n) is 2.81. The minimum Gasteiger partial charge on any atom is -0.236 e. The van der Waals surface area contributed by atoms with Crippen molar-refractivity contribution in [3.63, 3.8) is 0 Å². The minimum atomic E-state index is 0.829. The first kappa shape index (κ1) is 20.0. The number of thioether (sulfide) groups is 1. The summed E-state index contributed by atoms with van der Waals surface area (Å²) < 4.78 is 0. The number of nitrogens with zero attached hydrogens (tertiary/aromatic N) is 2. The summed E-state index contributed by atoms with van der Waals surface area (Å²) in [6, 6.07) is 8.69. The van der Waals surface area contributed by atoms with Gasteiger partial charge in [0.1, 0.15) is 0 Å². The average Bonchev–Trinajstić information content (AvgIpc) is 2.66. The Morgan fingerprint density at radius 2 is 1.40 bits per heavy atom. The zero-order valence-corrected chi connectivity index (χ0v) is 16.7. The van der Waals surface area contributed by atoms with E-state index in [9.17, 15) is 0 Å². The maximum atomic E-state index is 4.54. The van der Waals surface area contributed by atoms with E-state index in [0.717, 1.165) is 17.8 Å². The number of hydrogen-bond acceptors (Lipinski definition) is 3. The smallest absolute Gasteiger partial charge is 0.159 e. The molecule has 0 unspecified atom stereocenters. The van der Waals surface area contributed by atoms with Crippen molar-refractivity contribution in [1.29, 1.82) is 0 Å². The first-order valence-electron chi connectivity index (χ1n) is 9.87. The molecular weight excluding hydrogens is 324 g/mol. The fraction of sp³-hybridized carbons (Fsp3) is 0.545. The standard InChI is InChI=1S/C22H32N2S/c1-3-5-7-8-10-16-25-21-14-12-20(13-15-21)22-23-17-19(18-24-22)11-9-6-4-2/h12-15,17-18H,3-11,16H2,1-2H3. The molecule has 0 aliphatic heterocycles. The first-order chi connectivity index (χ1) is 12.3. The van der Waals surface area contributed by atoms with Crippen LogP contribution in [-0.2, 0) is 6.42 Å². The highest BCUT2D eigenvalue weighted by atomic mass is 32.2. The van der Waals surface area contributed by atoms with E-state index in [0.29, 0.717) is 0 Å². The quantitative estimate of drug-likeness (QED) is 0.304. The molecule has 1 aromatic heterocycles. The molecule has 0 bridgehead atoms. The van der Waals surface area contributed by atoms with Gasteiger partial charge in [0.25, 0.3) is 0 Å². The van der Waals surface area contributed by atoms with Gasteiger partial charge in [-0.3, -0.25) is 0 Å². The Bertz CT molecular complexity index is 578. The van der Waals surface area contributed by atoms with Crippen LogP contribution < -0.4 is 0 Å². The van der Waals surface area contributed by atoms with Crippen molar-refractivity contribution in [2.45, 2.75) is 76.5 Å². The molecule has 0 radical (unpaired) electrons. The highest BCUT2D eigenvalue weighted by Gasteiger charge is 2.03. The van der Waals surface area contributed by atoms with Gasteiger partial charge < -0.3 is 0 Å². The van der Waals surface area contributed by atoms with Gasteiger partial charge >= 0.3 is 0 Å². The Hall–Kier alpha value is -1.35. The van der Waals surface area contributed by atoms with E-state index in [1.54, 1.807) is 0 Å². The molecule has 0 spiro atoms. The van der Waals surface area contributed by atoms with Crippen molar-refractivity contribution < 1.29 is 0 Å². The van der Waals surface area contributed by atoms with Crippen molar-refractivity contribution >= 4 is 11.8 Å². The van der Waals surface area contributed by atoms with Gasteiger partial charge in [-0.2, -0.15) is 0 Å². The zero-order chi connectivity index (χ0) is 17.7. The Kier molecular flexibility index (Phi) is 9.65. The predicted octanol–water partition coefficient (Wildman–Crippen LogP) is 6.94. The van der Waals surface area contributed by atoms with Crippen LogP contribution >= 0.6 is 11.8 Å². The summed E-state index contributed by atoms with van der Waals surface area (Å²) >= 11 is 1.96. The summed E-state index contributed by atoms with van der Waals surface area (Å²) in [4.78, 5) is 10.4. The molecule has 3 heteroatoms. The molecule has 0 saturated heterocycles. The molecule has 2 rings (SSSR count). The lowest BCUT2D eigenvalue weighted by Gasteiger charge is -2.05. The average molecular weight is 357 g/mol. The lowest BCUT2D eigenvalue weighted by molar-refractivity contribution is 0.659. The van der Waals surface area contributed by atoms with Gasteiger partial charge in [-0.25, -0.2) is 9.97 Å². The predicted molar refractivity (Wildman–Crippen MR) is 110 cm³/mol. The van der Waals surface area contributed by atoms with E-state index in [-0.39, 0.29) is 0 Å².